The molecule has 1 aliphatic heterocycles. The molecule has 4 aliphatic carbocycles. The van der Waals surface area contributed by atoms with E-state index in [1.54, 1.807) is 48.5 Å². The average molecular weight is 729 g/mol. The van der Waals surface area contributed by atoms with E-state index in [2.05, 4.69) is 11.8 Å². The first-order chi connectivity index (χ1) is 24.3. The summed E-state index contributed by atoms with van der Waals surface area (Å²) in [5.74, 6) is -2.35. The second kappa shape index (κ2) is 12.4. The minimum atomic E-state index is -5.93. The number of allylic oxidation sites excluding steroid dienone is 1. The number of benzene rings is 2. The number of ether oxygens (including phenoxy) is 3. The number of esters is 1. The quantitative estimate of drug-likeness (QED) is 0.144. The summed E-state index contributed by atoms with van der Waals surface area (Å²) in [6.07, 6.45) is -4.97. The molecular weight excluding hydrogens is 683 g/mol. The predicted octanol–water partition coefficient (Wildman–Crippen LogP) is 8.10. The summed E-state index contributed by atoms with van der Waals surface area (Å²) in [5.41, 5.74) is -2.62. The molecule has 1 spiro atoms. The number of halogens is 5. The summed E-state index contributed by atoms with van der Waals surface area (Å²) in [5, 5.41) is 24.0. The first-order valence-electron chi connectivity index (χ1n) is 18.0. The third-order valence-electron chi connectivity index (χ3n) is 12.8. The summed E-state index contributed by atoms with van der Waals surface area (Å²) >= 11 is 0. The van der Waals surface area contributed by atoms with Crippen LogP contribution in [0.25, 0.3) is 0 Å². The fourth-order valence-electron chi connectivity index (χ4n) is 10.1. The minimum absolute atomic E-state index is 0.0161. The monoisotopic (exact) mass is 728 g/mol. The van der Waals surface area contributed by atoms with E-state index in [0.717, 1.165) is 11.1 Å². The van der Waals surface area contributed by atoms with E-state index in [9.17, 15) is 28.2 Å². The number of hydrogen-bond donors (Lipinski definition) is 2. The van der Waals surface area contributed by atoms with Gasteiger partial charge in [-0.15, -0.1) is 0 Å². The summed E-state index contributed by atoms with van der Waals surface area (Å²) < 4.78 is 90.3. The van der Waals surface area contributed by atoms with Gasteiger partial charge < -0.3 is 24.4 Å². The van der Waals surface area contributed by atoms with Crippen LogP contribution in [0.3, 0.4) is 0 Å². The Morgan fingerprint density at radius 2 is 1.58 bits per heavy atom. The van der Waals surface area contributed by atoms with Crippen molar-refractivity contribution in [3.63, 3.8) is 0 Å². The van der Waals surface area contributed by atoms with Gasteiger partial charge in [0, 0.05) is 40.7 Å². The molecule has 1 saturated heterocycles. The van der Waals surface area contributed by atoms with E-state index in [4.69, 9.17) is 14.2 Å². The van der Waals surface area contributed by atoms with Gasteiger partial charge >= 0.3 is 18.1 Å². The topological polar surface area (TPSA) is 85.2 Å². The number of rotatable bonds is 3. The SMILES string of the molecule is COC(=O)c1cccc(C#Cc2ccc([C@H]3C[C@@]4(C)[C@@H](CC[C@@]4(O)C(F)(F)C(F)(F)F)[C@@H]4CC[C@@]5(O)CC6(CCC5=C43)OCC(C)(C)CO6)cc2)c1. The molecule has 0 bridgehead atoms. The molecule has 3 saturated carbocycles. The molecule has 11 heteroatoms. The van der Waals surface area contributed by atoms with Crippen LogP contribution < -0.4 is 0 Å². The molecule has 2 aromatic carbocycles. The van der Waals surface area contributed by atoms with Crippen LogP contribution in [0.4, 0.5) is 22.0 Å². The molecule has 2 aromatic rings. The van der Waals surface area contributed by atoms with Crippen molar-refractivity contribution in [3.05, 3.63) is 81.9 Å². The summed E-state index contributed by atoms with van der Waals surface area (Å²) in [6.45, 7) is 6.44. The van der Waals surface area contributed by atoms with E-state index < -0.39 is 64.6 Å². The molecule has 0 aromatic heterocycles. The van der Waals surface area contributed by atoms with Gasteiger partial charge in [-0.1, -0.05) is 56.4 Å². The standard InChI is InChI=1S/C41H45F5O6/c1-35(2)23-51-38(52-24-35)18-15-32-33-29(14-17-37(32,48)22-38)31-16-19-39(49,40(42,43)41(44,45)46)36(31,3)21-30(33)27-12-10-25(11-13-27)8-9-26-6-5-7-28(20-26)34(47)50-4/h5-7,10-13,20,29-31,48-49H,14-19,21-24H2,1-4H3/t29-,30+,31-,36-,37+,39-/m0/s1. The van der Waals surface area contributed by atoms with Crippen molar-refractivity contribution in [2.75, 3.05) is 20.3 Å². The Labute approximate surface area is 300 Å². The third kappa shape index (κ3) is 5.80. The molecule has 6 atom stereocenters. The van der Waals surface area contributed by atoms with Gasteiger partial charge in [0.25, 0.3) is 0 Å². The summed E-state index contributed by atoms with van der Waals surface area (Å²) in [6, 6.07) is 13.8. The smallest absolute Gasteiger partial charge is 0.456 e. The lowest BCUT2D eigenvalue weighted by molar-refractivity contribution is -0.362. The van der Waals surface area contributed by atoms with Crippen molar-refractivity contribution in [1.82, 2.24) is 0 Å². The average Bonchev–Trinajstić information content (AvgIpc) is 3.38. The van der Waals surface area contributed by atoms with Gasteiger partial charge in [-0.25, -0.2) is 4.79 Å². The van der Waals surface area contributed by atoms with Gasteiger partial charge in [-0.05, 0) is 91.8 Å². The molecule has 7 rings (SSSR count). The van der Waals surface area contributed by atoms with E-state index in [1.165, 1.54) is 14.0 Å². The Morgan fingerprint density at radius 1 is 0.904 bits per heavy atom. The molecule has 5 aliphatic rings. The zero-order valence-corrected chi connectivity index (χ0v) is 29.8. The molecule has 52 heavy (non-hydrogen) atoms. The molecule has 2 N–H and O–H groups in total. The number of alkyl halides is 5. The Balaban J connectivity index is 1.28. The van der Waals surface area contributed by atoms with Crippen molar-refractivity contribution in [3.8, 4) is 11.8 Å². The lowest BCUT2D eigenvalue weighted by atomic mass is 9.49. The van der Waals surface area contributed by atoms with Gasteiger partial charge in [0.1, 0.15) is 5.60 Å². The Bertz CT molecular complexity index is 1830. The first-order valence-corrected chi connectivity index (χ1v) is 18.0. The van der Waals surface area contributed by atoms with Crippen molar-refractivity contribution >= 4 is 5.97 Å². The van der Waals surface area contributed by atoms with Crippen LogP contribution in [0.1, 0.15) is 105 Å². The Morgan fingerprint density at radius 3 is 2.23 bits per heavy atom. The van der Waals surface area contributed by atoms with Gasteiger partial charge in [-0.2, -0.15) is 22.0 Å². The van der Waals surface area contributed by atoms with Crippen molar-refractivity contribution in [2.45, 2.75) is 107 Å². The highest BCUT2D eigenvalue weighted by molar-refractivity contribution is 5.89. The summed E-state index contributed by atoms with van der Waals surface area (Å²) in [7, 11) is 1.29. The van der Waals surface area contributed by atoms with Gasteiger partial charge in [0.05, 0.1) is 31.5 Å². The highest BCUT2D eigenvalue weighted by atomic mass is 19.4. The predicted molar refractivity (Wildman–Crippen MR) is 181 cm³/mol. The number of carbonyl (C=O) groups is 1. The third-order valence-corrected chi connectivity index (χ3v) is 12.8. The van der Waals surface area contributed by atoms with Crippen LogP contribution in [-0.2, 0) is 14.2 Å². The number of carbonyl (C=O) groups excluding carboxylic acids is 1. The minimum Gasteiger partial charge on any atom is -0.465 e. The normalized spacial score (nSPS) is 33.7. The number of hydrogen-bond acceptors (Lipinski definition) is 6. The molecular formula is C41H45F5O6. The lowest BCUT2D eigenvalue weighted by Gasteiger charge is -2.59. The molecule has 0 radical (unpaired) electrons. The van der Waals surface area contributed by atoms with Crippen LogP contribution in [0, 0.1) is 34.5 Å². The maximum Gasteiger partial charge on any atom is 0.456 e. The fourth-order valence-corrected chi connectivity index (χ4v) is 10.1. The number of methoxy groups -OCH3 is 1. The maximum atomic E-state index is 15.4. The highest BCUT2D eigenvalue weighted by Crippen LogP contribution is 2.71. The lowest BCUT2D eigenvalue weighted by Crippen LogP contribution is -2.65. The first kappa shape index (κ1) is 37.0. The van der Waals surface area contributed by atoms with E-state index in [1.807, 2.05) is 13.8 Å². The van der Waals surface area contributed by atoms with E-state index in [-0.39, 0.29) is 31.1 Å². The zero-order valence-electron chi connectivity index (χ0n) is 29.8. The second-order valence-corrected chi connectivity index (χ2v) is 16.6. The highest BCUT2D eigenvalue weighted by Gasteiger charge is 2.79. The zero-order chi connectivity index (χ0) is 37.5. The van der Waals surface area contributed by atoms with Gasteiger partial charge in [-0.3, -0.25) is 0 Å². The van der Waals surface area contributed by atoms with Gasteiger partial charge in [0.15, 0.2) is 5.79 Å². The van der Waals surface area contributed by atoms with Crippen LogP contribution in [-0.4, -0.2) is 65.6 Å². The largest absolute Gasteiger partial charge is 0.465 e. The van der Waals surface area contributed by atoms with Crippen LogP contribution >= 0.6 is 0 Å². The second-order valence-electron chi connectivity index (χ2n) is 16.6. The molecule has 0 amide bonds. The number of fused-ring (bicyclic) bond motifs is 4. The Kier molecular flexibility index (Phi) is 8.81. The van der Waals surface area contributed by atoms with E-state index >= 15 is 8.78 Å². The van der Waals surface area contributed by atoms with Crippen molar-refractivity contribution in [2.24, 2.45) is 22.7 Å². The van der Waals surface area contributed by atoms with Crippen molar-refractivity contribution in [1.29, 1.82) is 0 Å². The molecule has 280 valence electrons. The molecule has 6 nitrogen and oxygen atoms in total. The molecule has 1 heterocycles. The Hall–Kier alpha value is -3.30. The molecule has 0 unspecified atom stereocenters. The van der Waals surface area contributed by atoms with E-state index in [0.29, 0.717) is 54.7 Å². The maximum absolute atomic E-state index is 15.4. The molecule has 4 fully saturated rings. The van der Waals surface area contributed by atoms with Crippen LogP contribution in [0.5, 0.6) is 0 Å². The van der Waals surface area contributed by atoms with Crippen LogP contribution in [0.15, 0.2) is 59.7 Å². The van der Waals surface area contributed by atoms with Crippen molar-refractivity contribution < 1.29 is 51.2 Å². The van der Waals surface area contributed by atoms with Crippen LogP contribution in [0.2, 0.25) is 0 Å². The number of aliphatic hydroxyl groups is 2. The van der Waals surface area contributed by atoms with Gasteiger partial charge in [0.2, 0.25) is 0 Å². The fraction of sp³-hybridized carbons (Fsp3) is 0.585. The summed E-state index contributed by atoms with van der Waals surface area (Å²) in [4.78, 5) is 12.0.